The number of rotatable bonds is 4. The Morgan fingerprint density at radius 1 is 1.45 bits per heavy atom. The van der Waals surface area contributed by atoms with Gasteiger partial charge in [0.2, 0.25) is 10.0 Å². The van der Waals surface area contributed by atoms with Crippen molar-refractivity contribution >= 4 is 16.0 Å². The fourth-order valence-electron chi connectivity index (χ4n) is 1.84. The van der Waals surface area contributed by atoms with E-state index in [1.54, 1.807) is 0 Å². The maximum Gasteiger partial charge on any atom is 0.342 e. The van der Waals surface area contributed by atoms with Crippen LogP contribution in [0.15, 0.2) is 23.1 Å². The molecule has 2 N–H and O–H groups in total. The molecule has 1 unspecified atom stereocenters. The van der Waals surface area contributed by atoms with Gasteiger partial charge in [-0.1, -0.05) is 0 Å². The topological polar surface area (TPSA) is 105 Å². The van der Waals surface area contributed by atoms with Crippen molar-refractivity contribution in [2.24, 2.45) is 5.14 Å². The summed E-state index contributed by atoms with van der Waals surface area (Å²) in [5, 5.41) is 5.04. The molecule has 0 bridgehead atoms. The lowest BCUT2D eigenvalue weighted by molar-refractivity contribution is 0.0267. The van der Waals surface area contributed by atoms with Gasteiger partial charge in [0.15, 0.2) is 0 Å². The quantitative estimate of drug-likeness (QED) is 0.801. The van der Waals surface area contributed by atoms with Gasteiger partial charge in [-0.05, 0) is 18.2 Å². The number of carbonyl (C=O) groups is 1. The van der Waals surface area contributed by atoms with Crippen molar-refractivity contribution in [2.75, 3.05) is 20.3 Å². The molecule has 1 atom stereocenters. The molecule has 0 saturated carbocycles. The number of esters is 1. The highest BCUT2D eigenvalue weighted by Gasteiger charge is 2.24. The third-order valence-electron chi connectivity index (χ3n) is 2.88. The van der Waals surface area contributed by atoms with E-state index in [0.29, 0.717) is 19.6 Å². The molecule has 1 aliphatic rings. The zero-order valence-corrected chi connectivity index (χ0v) is 11.7. The SMILES string of the molecule is COc1ccc(S(N)(=O)=O)cc1C(=O)OC1CCOC1. The number of primary sulfonamides is 1. The van der Waals surface area contributed by atoms with E-state index in [4.69, 9.17) is 19.3 Å². The van der Waals surface area contributed by atoms with Crippen LogP contribution in [-0.4, -0.2) is 40.8 Å². The first-order valence-electron chi connectivity index (χ1n) is 5.91. The van der Waals surface area contributed by atoms with Crippen LogP contribution in [0, 0.1) is 0 Å². The molecular formula is C12H15NO6S. The van der Waals surface area contributed by atoms with Crippen LogP contribution in [-0.2, 0) is 19.5 Å². The zero-order chi connectivity index (χ0) is 14.8. The summed E-state index contributed by atoms with van der Waals surface area (Å²) in [5.41, 5.74) is 0.0194. The van der Waals surface area contributed by atoms with E-state index in [9.17, 15) is 13.2 Å². The van der Waals surface area contributed by atoms with Crippen molar-refractivity contribution < 1.29 is 27.4 Å². The molecule has 1 aromatic carbocycles. The first-order chi connectivity index (χ1) is 9.41. The van der Waals surface area contributed by atoms with Crippen molar-refractivity contribution in [3.8, 4) is 5.75 Å². The van der Waals surface area contributed by atoms with Crippen LogP contribution < -0.4 is 9.88 Å². The number of methoxy groups -OCH3 is 1. The minimum Gasteiger partial charge on any atom is -0.496 e. The number of sulfonamides is 1. The minimum atomic E-state index is -3.90. The highest BCUT2D eigenvalue weighted by molar-refractivity contribution is 7.89. The van der Waals surface area contributed by atoms with Crippen LogP contribution in [0.2, 0.25) is 0 Å². The second kappa shape index (κ2) is 5.78. The Kier molecular flexibility index (Phi) is 4.26. The molecule has 110 valence electrons. The Morgan fingerprint density at radius 3 is 2.75 bits per heavy atom. The smallest absolute Gasteiger partial charge is 0.342 e. The highest BCUT2D eigenvalue weighted by Crippen LogP contribution is 2.24. The Morgan fingerprint density at radius 2 is 2.20 bits per heavy atom. The molecule has 1 aromatic rings. The lowest BCUT2D eigenvalue weighted by atomic mass is 10.2. The predicted molar refractivity (Wildman–Crippen MR) is 69.0 cm³/mol. The molecule has 2 rings (SSSR count). The summed E-state index contributed by atoms with van der Waals surface area (Å²) in [7, 11) is -2.52. The molecule has 1 fully saturated rings. The molecule has 8 heteroatoms. The number of hydrogen-bond donors (Lipinski definition) is 1. The third-order valence-corrected chi connectivity index (χ3v) is 3.79. The molecule has 7 nitrogen and oxygen atoms in total. The number of nitrogens with two attached hydrogens (primary N) is 1. The van der Waals surface area contributed by atoms with Gasteiger partial charge in [-0.2, -0.15) is 0 Å². The van der Waals surface area contributed by atoms with Gasteiger partial charge in [0.05, 0.1) is 25.2 Å². The molecule has 1 heterocycles. The standard InChI is InChI=1S/C12H15NO6S/c1-17-11-3-2-9(20(13,15)16)6-10(11)12(14)19-8-4-5-18-7-8/h2-3,6,8H,4-5,7H2,1H3,(H2,13,15,16). The average Bonchev–Trinajstić information content (AvgIpc) is 2.89. The molecule has 0 spiro atoms. The Bertz CT molecular complexity index is 606. The average molecular weight is 301 g/mol. The predicted octanol–water partition coefficient (Wildman–Crippen LogP) is 0.288. The van der Waals surface area contributed by atoms with Crippen LogP contribution in [0.1, 0.15) is 16.8 Å². The summed E-state index contributed by atoms with van der Waals surface area (Å²) in [4.78, 5) is 11.9. The van der Waals surface area contributed by atoms with Gasteiger partial charge in [0, 0.05) is 6.42 Å². The normalized spacial score (nSPS) is 18.8. The molecule has 0 radical (unpaired) electrons. The van der Waals surface area contributed by atoms with Crippen LogP contribution in [0.4, 0.5) is 0 Å². The van der Waals surface area contributed by atoms with Gasteiger partial charge in [-0.3, -0.25) is 0 Å². The second-order valence-corrected chi connectivity index (χ2v) is 5.86. The van der Waals surface area contributed by atoms with Gasteiger partial charge in [0.1, 0.15) is 17.4 Å². The highest BCUT2D eigenvalue weighted by atomic mass is 32.2. The number of ether oxygens (including phenoxy) is 3. The van der Waals surface area contributed by atoms with Crippen molar-refractivity contribution in [2.45, 2.75) is 17.4 Å². The van der Waals surface area contributed by atoms with Crippen molar-refractivity contribution in [3.63, 3.8) is 0 Å². The third kappa shape index (κ3) is 3.27. The monoisotopic (exact) mass is 301 g/mol. The van der Waals surface area contributed by atoms with Crippen molar-refractivity contribution in [1.82, 2.24) is 0 Å². The Balaban J connectivity index is 2.29. The summed E-state index contributed by atoms with van der Waals surface area (Å²) < 4.78 is 38.0. The van der Waals surface area contributed by atoms with Gasteiger partial charge < -0.3 is 14.2 Å². The summed E-state index contributed by atoms with van der Waals surface area (Å²) in [6.45, 7) is 0.870. The van der Waals surface area contributed by atoms with Crippen molar-refractivity contribution in [1.29, 1.82) is 0 Å². The lowest BCUT2D eigenvalue weighted by Gasteiger charge is -2.13. The molecular weight excluding hydrogens is 286 g/mol. The maximum atomic E-state index is 12.1. The minimum absolute atomic E-state index is 0.0194. The van der Waals surface area contributed by atoms with E-state index in [2.05, 4.69) is 0 Å². The molecule has 0 amide bonds. The summed E-state index contributed by atoms with van der Waals surface area (Å²) in [6, 6.07) is 3.78. The molecule has 1 aliphatic heterocycles. The van der Waals surface area contributed by atoms with Crippen LogP contribution >= 0.6 is 0 Å². The van der Waals surface area contributed by atoms with Gasteiger partial charge in [-0.15, -0.1) is 0 Å². The summed E-state index contributed by atoms with van der Waals surface area (Å²) in [6.07, 6.45) is 0.286. The van der Waals surface area contributed by atoms with Crippen LogP contribution in [0.25, 0.3) is 0 Å². The first kappa shape index (κ1) is 14.8. The van der Waals surface area contributed by atoms with E-state index in [-0.39, 0.29) is 22.3 Å². The number of hydrogen-bond acceptors (Lipinski definition) is 6. The Hall–Kier alpha value is -1.64. The van der Waals surface area contributed by atoms with E-state index in [1.807, 2.05) is 0 Å². The second-order valence-electron chi connectivity index (χ2n) is 4.30. The van der Waals surface area contributed by atoms with Gasteiger partial charge >= 0.3 is 5.97 Å². The first-order valence-corrected chi connectivity index (χ1v) is 7.46. The van der Waals surface area contributed by atoms with E-state index < -0.39 is 16.0 Å². The van der Waals surface area contributed by atoms with Gasteiger partial charge in [0.25, 0.3) is 0 Å². The molecule has 0 aromatic heterocycles. The summed E-state index contributed by atoms with van der Waals surface area (Å²) >= 11 is 0. The van der Waals surface area contributed by atoms with Gasteiger partial charge in [-0.25, -0.2) is 18.4 Å². The Labute approximate surface area is 116 Å². The van der Waals surface area contributed by atoms with E-state index >= 15 is 0 Å². The fraction of sp³-hybridized carbons (Fsp3) is 0.417. The van der Waals surface area contributed by atoms with E-state index in [0.717, 1.165) is 6.07 Å². The molecule has 20 heavy (non-hydrogen) atoms. The summed E-state index contributed by atoms with van der Waals surface area (Å²) in [5.74, 6) is -0.441. The number of carbonyl (C=O) groups excluding carboxylic acids is 1. The fourth-order valence-corrected chi connectivity index (χ4v) is 2.38. The molecule has 0 aliphatic carbocycles. The largest absolute Gasteiger partial charge is 0.496 e. The molecule has 1 saturated heterocycles. The van der Waals surface area contributed by atoms with E-state index in [1.165, 1.54) is 19.2 Å². The van der Waals surface area contributed by atoms with Crippen LogP contribution in [0.3, 0.4) is 0 Å². The van der Waals surface area contributed by atoms with Crippen molar-refractivity contribution in [3.05, 3.63) is 23.8 Å². The zero-order valence-electron chi connectivity index (χ0n) is 10.9. The van der Waals surface area contributed by atoms with Crippen LogP contribution in [0.5, 0.6) is 5.75 Å². The maximum absolute atomic E-state index is 12.1. The lowest BCUT2D eigenvalue weighted by Crippen LogP contribution is -2.19. The number of benzene rings is 1.